The molecule has 0 aliphatic heterocycles. The van der Waals surface area contributed by atoms with Gasteiger partial charge < -0.3 is 15.4 Å². The van der Waals surface area contributed by atoms with Gasteiger partial charge >= 0.3 is 5.97 Å². The fraction of sp³-hybridized carbons (Fsp3) is 0.150. The monoisotopic (exact) mass is 414 g/mol. The molecular formula is C20H18N2O4S2. The van der Waals surface area contributed by atoms with Gasteiger partial charge in [0.1, 0.15) is 10.6 Å². The van der Waals surface area contributed by atoms with Gasteiger partial charge in [-0.05, 0) is 42.6 Å². The molecule has 0 saturated carbocycles. The standard InChI is InChI=1S/C20H18N2O4S2/c1-3-26-20(25)17-15(16-5-4-10-27-16)11-28-19(17)22-18(24)13-6-8-14(9-7-13)21-12(2)23/h4-11H,3H2,1-2H3,(H,21,23)(H,22,24). The zero-order valence-corrected chi connectivity index (χ0v) is 16.9. The molecule has 0 atom stereocenters. The topological polar surface area (TPSA) is 84.5 Å². The molecule has 6 nitrogen and oxygen atoms in total. The van der Waals surface area contributed by atoms with E-state index in [9.17, 15) is 14.4 Å². The Morgan fingerprint density at radius 1 is 1.04 bits per heavy atom. The van der Waals surface area contributed by atoms with Crippen LogP contribution in [0.15, 0.2) is 47.2 Å². The summed E-state index contributed by atoms with van der Waals surface area (Å²) in [4.78, 5) is 37.2. The van der Waals surface area contributed by atoms with Crippen molar-refractivity contribution >= 4 is 51.1 Å². The van der Waals surface area contributed by atoms with Gasteiger partial charge in [0.05, 0.1) is 6.61 Å². The fourth-order valence-electron chi connectivity index (χ4n) is 2.55. The quantitative estimate of drug-likeness (QED) is 0.564. The van der Waals surface area contributed by atoms with Gasteiger partial charge in [-0.2, -0.15) is 0 Å². The van der Waals surface area contributed by atoms with Crippen molar-refractivity contribution in [1.29, 1.82) is 0 Å². The Morgan fingerprint density at radius 2 is 1.79 bits per heavy atom. The van der Waals surface area contributed by atoms with E-state index in [2.05, 4.69) is 10.6 Å². The molecule has 2 amide bonds. The summed E-state index contributed by atoms with van der Waals surface area (Å²) in [6.07, 6.45) is 0. The molecular weight excluding hydrogens is 396 g/mol. The maximum absolute atomic E-state index is 12.6. The molecule has 3 aromatic rings. The molecule has 2 N–H and O–H groups in total. The highest BCUT2D eigenvalue weighted by molar-refractivity contribution is 7.17. The Morgan fingerprint density at radius 3 is 2.39 bits per heavy atom. The van der Waals surface area contributed by atoms with Gasteiger partial charge in [0.2, 0.25) is 5.91 Å². The van der Waals surface area contributed by atoms with Gasteiger partial charge in [0, 0.05) is 34.0 Å². The summed E-state index contributed by atoms with van der Waals surface area (Å²) in [5, 5.41) is 9.66. The molecule has 8 heteroatoms. The van der Waals surface area contributed by atoms with E-state index < -0.39 is 5.97 Å². The normalized spacial score (nSPS) is 10.4. The highest BCUT2D eigenvalue weighted by Crippen LogP contribution is 2.38. The van der Waals surface area contributed by atoms with E-state index >= 15 is 0 Å². The van der Waals surface area contributed by atoms with Gasteiger partial charge in [0.15, 0.2) is 0 Å². The predicted octanol–water partition coefficient (Wildman–Crippen LogP) is 4.86. The molecule has 0 aliphatic rings. The first-order valence-electron chi connectivity index (χ1n) is 8.51. The van der Waals surface area contributed by atoms with Crippen LogP contribution in [0.25, 0.3) is 10.4 Å². The fourth-order valence-corrected chi connectivity index (χ4v) is 4.32. The highest BCUT2D eigenvalue weighted by Gasteiger charge is 2.23. The molecule has 0 radical (unpaired) electrons. The second-order valence-electron chi connectivity index (χ2n) is 5.76. The minimum atomic E-state index is -0.469. The molecule has 2 aromatic heterocycles. The maximum atomic E-state index is 12.6. The minimum Gasteiger partial charge on any atom is -0.462 e. The summed E-state index contributed by atoms with van der Waals surface area (Å²) in [7, 11) is 0. The third kappa shape index (κ3) is 4.47. The number of thiophene rings is 2. The van der Waals surface area contributed by atoms with Gasteiger partial charge in [-0.3, -0.25) is 9.59 Å². The lowest BCUT2D eigenvalue weighted by molar-refractivity contribution is -0.114. The van der Waals surface area contributed by atoms with E-state index in [4.69, 9.17) is 4.74 Å². The number of hydrogen-bond donors (Lipinski definition) is 2. The minimum absolute atomic E-state index is 0.184. The number of anilines is 2. The molecule has 3 rings (SSSR count). The molecule has 144 valence electrons. The highest BCUT2D eigenvalue weighted by atomic mass is 32.1. The van der Waals surface area contributed by atoms with Gasteiger partial charge in [-0.1, -0.05) is 6.07 Å². The van der Waals surface area contributed by atoms with E-state index in [1.165, 1.54) is 29.6 Å². The first-order valence-corrected chi connectivity index (χ1v) is 10.3. The molecule has 0 bridgehead atoms. The van der Waals surface area contributed by atoms with Crippen molar-refractivity contribution in [2.75, 3.05) is 17.2 Å². The number of hydrogen-bond acceptors (Lipinski definition) is 6. The Balaban J connectivity index is 1.86. The number of rotatable bonds is 6. The van der Waals surface area contributed by atoms with Crippen molar-refractivity contribution in [3.8, 4) is 10.4 Å². The lowest BCUT2D eigenvalue weighted by Gasteiger charge is -2.09. The molecule has 2 heterocycles. The number of carbonyl (C=O) groups excluding carboxylic acids is 3. The van der Waals surface area contributed by atoms with Crippen molar-refractivity contribution < 1.29 is 19.1 Å². The third-order valence-corrected chi connectivity index (χ3v) is 5.55. The Hall–Kier alpha value is -2.97. The molecule has 0 aliphatic carbocycles. The number of ether oxygens (including phenoxy) is 1. The van der Waals surface area contributed by atoms with E-state index in [0.717, 1.165) is 10.4 Å². The van der Waals surface area contributed by atoms with Crippen LogP contribution in [0.1, 0.15) is 34.6 Å². The summed E-state index contributed by atoms with van der Waals surface area (Å²) in [5.74, 6) is -1.00. The van der Waals surface area contributed by atoms with Crippen LogP contribution in [-0.2, 0) is 9.53 Å². The zero-order chi connectivity index (χ0) is 20.1. The molecule has 1 aromatic carbocycles. The molecule has 0 fully saturated rings. The van der Waals surface area contributed by atoms with E-state index in [1.54, 1.807) is 31.2 Å². The van der Waals surface area contributed by atoms with Crippen LogP contribution in [0.4, 0.5) is 10.7 Å². The molecule has 0 spiro atoms. The van der Waals surface area contributed by atoms with E-state index in [-0.39, 0.29) is 18.4 Å². The number of benzene rings is 1. The third-order valence-electron chi connectivity index (χ3n) is 3.75. The maximum Gasteiger partial charge on any atom is 0.341 e. The zero-order valence-electron chi connectivity index (χ0n) is 15.3. The summed E-state index contributed by atoms with van der Waals surface area (Å²) < 4.78 is 5.19. The molecule has 0 saturated heterocycles. The van der Waals surface area contributed by atoms with Crippen molar-refractivity contribution in [2.24, 2.45) is 0 Å². The van der Waals surface area contributed by atoms with Crippen LogP contribution in [0, 0.1) is 0 Å². The Bertz CT molecular complexity index is 992. The first-order chi connectivity index (χ1) is 13.5. The van der Waals surface area contributed by atoms with Gasteiger partial charge in [-0.25, -0.2) is 4.79 Å². The lowest BCUT2D eigenvalue weighted by atomic mass is 10.1. The Labute approximate surface area is 170 Å². The lowest BCUT2D eigenvalue weighted by Crippen LogP contribution is -2.15. The number of amides is 2. The average molecular weight is 415 g/mol. The predicted molar refractivity (Wildman–Crippen MR) is 112 cm³/mol. The van der Waals surface area contributed by atoms with Crippen LogP contribution >= 0.6 is 22.7 Å². The SMILES string of the molecule is CCOC(=O)c1c(-c2cccs2)csc1NC(=O)c1ccc(NC(C)=O)cc1. The number of carbonyl (C=O) groups is 3. The summed E-state index contributed by atoms with van der Waals surface area (Å²) in [5.41, 5.74) is 2.12. The second kappa shape index (κ2) is 8.81. The first kappa shape index (κ1) is 19.8. The van der Waals surface area contributed by atoms with Crippen LogP contribution in [-0.4, -0.2) is 24.4 Å². The van der Waals surface area contributed by atoms with Crippen molar-refractivity contribution in [2.45, 2.75) is 13.8 Å². The van der Waals surface area contributed by atoms with Crippen LogP contribution in [0.3, 0.4) is 0 Å². The van der Waals surface area contributed by atoms with Crippen LogP contribution in [0.2, 0.25) is 0 Å². The van der Waals surface area contributed by atoms with E-state index in [1.807, 2.05) is 22.9 Å². The van der Waals surface area contributed by atoms with Crippen molar-refractivity contribution in [3.05, 3.63) is 58.3 Å². The summed E-state index contributed by atoms with van der Waals surface area (Å²) in [6, 6.07) is 10.3. The van der Waals surface area contributed by atoms with Crippen LogP contribution in [0.5, 0.6) is 0 Å². The van der Waals surface area contributed by atoms with Crippen molar-refractivity contribution in [3.63, 3.8) is 0 Å². The van der Waals surface area contributed by atoms with Crippen molar-refractivity contribution in [1.82, 2.24) is 0 Å². The summed E-state index contributed by atoms with van der Waals surface area (Å²) in [6.45, 7) is 3.40. The number of nitrogens with one attached hydrogen (secondary N) is 2. The Kier molecular flexibility index (Phi) is 6.23. The smallest absolute Gasteiger partial charge is 0.341 e. The van der Waals surface area contributed by atoms with E-state index in [0.29, 0.717) is 21.8 Å². The average Bonchev–Trinajstić information content (AvgIpc) is 3.31. The summed E-state index contributed by atoms with van der Waals surface area (Å²) >= 11 is 2.79. The largest absolute Gasteiger partial charge is 0.462 e. The second-order valence-corrected chi connectivity index (χ2v) is 7.59. The molecule has 0 unspecified atom stereocenters. The molecule has 28 heavy (non-hydrogen) atoms. The van der Waals surface area contributed by atoms with Crippen LogP contribution < -0.4 is 10.6 Å². The number of esters is 1. The van der Waals surface area contributed by atoms with Gasteiger partial charge in [-0.15, -0.1) is 22.7 Å². The van der Waals surface area contributed by atoms with Gasteiger partial charge in [0.25, 0.3) is 5.91 Å².